The molecule has 0 aliphatic carbocycles. The van der Waals surface area contributed by atoms with Gasteiger partial charge in [-0.2, -0.15) is 0 Å². The number of aliphatic hydroxyl groups excluding tert-OH is 1. The lowest BCUT2D eigenvalue weighted by Crippen LogP contribution is -2.31. The number of oxime groups is 1. The molecular weight excluding hydrogens is 592 g/mol. The van der Waals surface area contributed by atoms with Crippen LogP contribution in [0.2, 0.25) is 0 Å². The van der Waals surface area contributed by atoms with E-state index in [9.17, 15) is 33.6 Å². The predicted octanol–water partition coefficient (Wildman–Crippen LogP) is 6.09. The number of rotatable bonds is 8. The van der Waals surface area contributed by atoms with Gasteiger partial charge in [0.2, 0.25) is 9.84 Å². The third kappa shape index (κ3) is 5.40. The van der Waals surface area contributed by atoms with Crippen molar-refractivity contribution in [1.29, 1.82) is 0 Å². The van der Waals surface area contributed by atoms with E-state index >= 15 is 0 Å². The predicted molar refractivity (Wildman–Crippen MR) is 161 cm³/mol. The van der Waals surface area contributed by atoms with Crippen LogP contribution in [0.25, 0.3) is 0 Å². The lowest BCUT2D eigenvalue weighted by atomic mass is 9.90. The Morgan fingerprint density at radius 2 is 1.67 bits per heavy atom. The van der Waals surface area contributed by atoms with E-state index in [0.717, 1.165) is 41.6 Å². The molecule has 5 rings (SSSR count). The highest BCUT2D eigenvalue weighted by Crippen LogP contribution is 2.44. The SMILES string of the molecule is Cc1ccc(/C(=N/O)C2=C(O)C(=O)N(c3ncc(S(=O)(=O)c4ccc([N+](=O)[O-])cc4)s3)C2c2ccc(C(C)C)cc2)cc1. The summed E-state index contributed by atoms with van der Waals surface area (Å²) in [6, 6.07) is 17.8. The smallest absolute Gasteiger partial charge is 0.296 e. The number of aliphatic hydroxyl groups is 1. The molecule has 13 heteroatoms. The third-order valence-corrected chi connectivity index (χ3v) is 10.3. The summed E-state index contributed by atoms with van der Waals surface area (Å²) >= 11 is 0.706. The summed E-state index contributed by atoms with van der Waals surface area (Å²) < 4.78 is 26.5. The number of carbonyl (C=O) groups is 1. The number of nitro groups is 1. The van der Waals surface area contributed by atoms with Crippen molar-refractivity contribution in [3.8, 4) is 0 Å². The molecule has 1 unspecified atom stereocenters. The van der Waals surface area contributed by atoms with Crippen LogP contribution in [0.15, 0.2) is 105 Å². The van der Waals surface area contributed by atoms with Crippen molar-refractivity contribution in [2.24, 2.45) is 5.16 Å². The zero-order valence-electron chi connectivity index (χ0n) is 23.2. The molecular formula is C30H26N4O7S2. The number of nitro benzene ring substituents is 1. The number of sulfone groups is 1. The number of non-ortho nitro benzene ring substituents is 1. The molecule has 1 aliphatic rings. The molecule has 3 aromatic carbocycles. The van der Waals surface area contributed by atoms with Gasteiger partial charge in [-0.15, -0.1) is 0 Å². The van der Waals surface area contributed by atoms with Gasteiger partial charge in [-0.3, -0.25) is 19.8 Å². The van der Waals surface area contributed by atoms with Gasteiger partial charge < -0.3 is 10.3 Å². The van der Waals surface area contributed by atoms with Gasteiger partial charge in [0.05, 0.1) is 27.6 Å². The summed E-state index contributed by atoms with van der Waals surface area (Å²) in [6.45, 7) is 5.96. The Bertz CT molecular complexity index is 1880. The molecule has 1 aromatic heterocycles. The fourth-order valence-electron chi connectivity index (χ4n) is 4.75. The van der Waals surface area contributed by atoms with E-state index in [0.29, 0.717) is 22.5 Å². The first-order chi connectivity index (χ1) is 20.4. The molecule has 0 bridgehead atoms. The van der Waals surface area contributed by atoms with Crippen LogP contribution in [0, 0.1) is 17.0 Å². The zero-order chi connectivity index (χ0) is 31.1. The number of anilines is 1. The fraction of sp³-hybridized carbons (Fsp3) is 0.167. The molecule has 0 saturated carbocycles. The Morgan fingerprint density at radius 1 is 1.05 bits per heavy atom. The standard InChI is InChI=1S/C30H26N4O7S2/c1-17(2)19-8-10-21(11-9-19)27-25(26(32-37)20-6-4-18(3)5-7-20)28(35)29(36)33(27)30-31-16-24(42-30)43(40,41)23-14-12-22(13-15-23)34(38)39/h4-17,27,35,37H,1-3H3/b32-26-. The van der Waals surface area contributed by atoms with Gasteiger partial charge in [0.15, 0.2) is 10.9 Å². The van der Waals surface area contributed by atoms with Crippen molar-refractivity contribution in [2.45, 2.75) is 41.8 Å². The van der Waals surface area contributed by atoms with E-state index < -0.39 is 32.5 Å². The minimum absolute atomic E-state index is 0.0221. The Kier molecular flexibility index (Phi) is 7.86. The van der Waals surface area contributed by atoms with E-state index in [-0.39, 0.29) is 37.1 Å². The highest BCUT2D eigenvalue weighted by Gasteiger charge is 2.45. The molecule has 0 fully saturated rings. The molecule has 2 heterocycles. The van der Waals surface area contributed by atoms with Crippen molar-refractivity contribution >= 4 is 43.6 Å². The number of aromatic nitrogens is 1. The molecule has 0 radical (unpaired) electrons. The van der Waals surface area contributed by atoms with E-state index in [1.165, 1.54) is 4.90 Å². The normalized spacial score (nSPS) is 15.9. The zero-order valence-corrected chi connectivity index (χ0v) is 24.8. The van der Waals surface area contributed by atoms with E-state index in [1.807, 2.05) is 32.9 Å². The number of nitrogens with zero attached hydrogens (tertiary/aromatic N) is 4. The second kappa shape index (κ2) is 11.4. The topological polar surface area (TPSA) is 163 Å². The number of thiazole rings is 1. The highest BCUT2D eigenvalue weighted by atomic mass is 32.2. The Balaban J connectivity index is 1.61. The van der Waals surface area contributed by atoms with Gasteiger partial charge in [-0.1, -0.05) is 84.4 Å². The van der Waals surface area contributed by atoms with Crippen LogP contribution in [0.4, 0.5) is 10.8 Å². The average molecular weight is 619 g/mol. The third-order valence-electron chi connectivity index (χ3n) is 7.11. The van der Waals surface area contributed by atoms with E-state index in [2.05, 4.69) is 10.1 Å². The van der Waals surface area contributed by atoms with Crippen molar-refractivity contribution in [2.75, 3.05) is 4.90 Å². The van der Waals surface area contributed by atoms with Gasteiger partial charge in [0, 0.05) is 17.7 Å². The molecule has 1 amide bonds. The van der Waals surface area contributed by atoms with Crippen molar-refractivity contribution in [3.63, 3.8) is 0 Å². The van der Waals surface area contributed by atoms with Crippen LogP contribution in [0.5, 0.6) is 0 Å². The second-order valence-electron chi connectivity index (χ2n) is 10.2. The lowest BCUT2D eigenvalue weighted by Gasteiger charge is -2.25. The van der Waals surface area contributed by atoms with Crippen molar-refractivity contribution in [3.05, 3.63) is 123 Å². The molecule has 1 atom stereocenters. The number of hydrogen-bond acceptors (Lipinski definition) is 10. The molecule has 43 heavy (non-hydrogen) atoms. The second-order valence-corrected chi connectivity index (χ2v) is 13.4. The van der Waals surface area contributed by atoms with Crippen LogP contribution >= 0.6 is 11.3 Å². The Labute approximate surface area is 251 Å². The van der Waals surface area contributed by atoms with Crippen molar-refractivity contribution < 1.29 is 28.4 Å². The molecule has 0 spiro atoms. The molecule has 4 aromatic rings. The van der Waals surface area contributed by atoms with E-state index in [1.54, 1.807) is 36.4 Å². The lowest BCUT2D eigenvalue weighted by molar-refractivity contribution is -0.384. The summed E-state index contributed by atoms with van der Waals surface area (Å²) in [5.74, 6) is -1.29. The van der Waals surface area contributed by atoms with Crippen LogP contribution < -0.4 is 4.90 Å². The molecule has 1 aliphatic heterocycles. The first-order valence-corrected chi connectivity index (χ1v) is 15.4. The monoisotopic (exact) mass is 618 g/mol. The summed E-state index contributed by atoms with van der Waals surface area (Å²) in [4.78, 5) is 29.2. The minimum atomic E-state index is -4.14. The van der Waals surface area contributed by atoms with Crippen molar-refractivity contribution in [1.82, 2.24) is 4.98 Å². The summed E-state index contributed by atoms with van der Waals surface area (Å²) in [6.07, 6.45) is 1.10. The van der Waals surface area contributed by atoms with Crippen LogP contribution in [-0.2, 0) is 14.6 Å². The van der Waals surface area contributed by atoms with Gasteiger partial charge in [0.1, 0.15) is 9.92 Å². The number of amides is 1. The first-order valence-electron chi connectivity index (χ1n) is 13.1. The number of carbonyl (C=O) groups excluding carboxylic acids is 1. The first kappa shape index (κ1) is 29.6. The van der Waals surface area contributed by atoms with Crippen LogP contribution in [0.3, 0.4) is 0 Å². The minimum Gasteiger partial charge on any atom is -0.503 e. The largest absolute Gasteiger partial charge is 0.503 e. The maximum Gasteiger partial charge on any atom is 0.296 e. The Hall–Kier alpha value is -4.88. The summed E-state index contributed by atoms with van der Waals surface area (Å²) in [7, 11) is -4.14. The fourth-order valence-corrected chi connectivity index (χ4v) is 7.30. The van der Waals surface area contributed by atoms with Gasteiger partial charge in [0.25, 0.3) is 11.6 Å². The van der Waals surface area contributed by atoms with Crippen LogP contribution in [0.1, 0.15) is 48.1 Å². The molecule has 11 nitrogen and oxygen atoms in total. The van der Waals surface area contributed by atoms with Crippen LogP contribution in [-0.4, -0.2) is 40.3 Å². The summed E-state index contributed by atoms with van der Waals surface area (Å²) in [5, 5.41) is 35.8. The maximum absolute atomic E-state index is 13.6. The highest BCUT2D eigenvalue weighted by molar-refractivity contribution is 7.93. The van der Waals surface area contributed by atoms with Gasteiger partial charge >= 0.3 is 0 Å². The average Bonchev–Trinajstić information content (AvgIpc) is 3.58. The van der Waals surface area contributed by atoms with E-state index in [4.69, 9.17) is 0 Å². The number of hydrogen-bond donors (Lipinski definition) is 2. The quantitative estimate of drug-likeness (QED) is 0.104. The summed E-state index contributed by atoms with van der Waals surface area (Å²) in [5.41, 5.74) is 2.75. The maximum atomic E-state index is 13.6. The number of aryl methyl sites for hydroxylation is 1. The molecule has 0 saturated heterocycles. The number of benzene rings is 3. The molecule has 2 N–H and O–H groups in total. The molecule has 220 valence electrons. The van der Waals surface area contributed by atoms with Gasteiger partial charge in [-0.05, 0) is 36.1 Å². The Morgan fingerprint density at radius 3 is 2.23 bits per heavy atom. The van der Waals surface area contributed by atoms with Gasteiger partial charge in [-0.25, -0.2) is 13.4 Å².